The topological polar surface area (TPSA) is 71.5 Å². The second-order valence-electron chi connectivity index (χ2n) is 7.18. The Kier molecular flexibility index (Phi) is 4.88. The Labute approximate surface area is 147 Å². The number of rotatable bonds is 5. The molecule has 6 nitrogen and oxygen atoms in total. The van der Waals surface area contributed by atoms with Gasteiger partial charge in [0.2, 0.25) is 5.76 Å². The van der Waals surface area contributed by atoms with Crippen LogP contribution in [0.25, 0.3) is 11.5 Å². The minimum Gasteiger partial charge on any atom is -0.461 e. The summed E-state index contributed by atoms with van der Waals surface area (Å²) in [5, 5.41) is 6.85. The Morgan fingerprint density at radius 3 is 2.72 bits per heavy atom. The molecule has 1 amide bonds. The third-order valence-electron chi connectivity index (χ3n) is 5.55. The number of amides is 1. The molecule has 2 aromatic rings. The second-order valence-corrected chi connectivity index (χ2v) is 7.18. The molecular weight excluding hydrogens is 318 g/mol. The van der Waals surface area contributed by atoms with Gasteiger partial charge in [0.05, 0.1) is 6.26 Å². The second kappa shape index (κ2) is 7.44. The van der Waals surface area contributed by atoms with E-state index in [0.29, 0.717) is 29.7 Å². The number of carbonyl (C=O) groups excluding carboxylic acids is 1. The van der Waals surface area contributed by atoms with E-state index < -0.39 is 0 Å². The van der Waals surface area contributed by atoms with Gasteiger partial charge in [-0.2, -0.15) is 0 Å². The average Bonchev–Trinajstić information content (AvgIpc) is 3.42. The molecule has 4 rings (SSSR count). The highest BCUT2D eigenvalue weighted by Gasteiger charge is 2.27. The molecule has 0 aromatic carbocycles. The number of furan rings is 1. The summed E-state index contributed by atoms with van der Waals surface area (Å²) in [5.74, 6) is 1.42. The van der Waals surface area contributed by atoms with Gasteiger partial charge in [-0.3, -0.25) is 4.79 Å². The smallest absolute Gasteiger partial charge is 0.273 e. The summed E-state index contributed by atoms with van der Waals surface area (Å²) in [6.45, 7) is 3.04. The Balaban J connectivity index is 1.24. The van der Waals surface area contributed by atoms with E-state index in [2.05, 4.69) is 15.4 Å². The van der Waals surface area contributed by atoms with E-state index in [0.717, 1.165) is 32.0 Å². The summed E-state index contributed by atoms with van der Waals surface area (Å²) < 4.78 is 10.4. The number of nitrogens with one attached hydrogen (secondary N) is 1. The monoisotopic (exact) mass is 343 g/mol. The molecular formula is C19H25N3O3. The molecule has 1 saturated heterocycles. The van der Waals surface area contributed by atoms with Crippen molar-refractivity contribution in [1.82, 2.24) is 15.4 Å². The van der Waals surface area contributed by atoms with E-state index in [1.807, 2.05) is 0 Å². The molecule has 0 spiro atoms. The van der Waals surface area contributed by atoms with Crippen LogP contribution in [0.2, 0.25) is 0 Å². The van der Waals surface area contributed by atoms with Crippen molar-refractivity contribution in [3.05, 3.63) is 30.2 Å². The van der Waals surface area contributed by atoms with Gasteiger partial charge in [0.15, 0.2) is 11.5 Å². The number of likely N-dealkylation sites (tertiary alicyclic amines) is 1. The fourth-order valence-corrected chi connectivity index (χ4v) is 4.04. The maximum absolute atomic E-state index is 12.3. The SMILES string of the molecule is O=C(NCC1CCN(C2CCCC2)CC1)c1cc(-c2ccco2)on1. The van der Waals surface area contributed by atoms with Crippen molar-refractivity contribution < 1.29 is 13.7 Å². The van der Waals surface area contributed by atoms with Crippen LogP contribution in [0.5, 0.6) is 0 Å². The molecule has 0 bridgehead atoms. The van der Waals surface area contributed by atoms with Gasteiger partial charge >= 0.3 is 0 Å². The van der Waals surface area contributed by atoms with Crippen molar-refractivity contribution in [2.75, 3.05) is 19.6 Å². The zero-order valence-corrected chi connectivity index (χ0v) is 14.4. The first-order chi connectivity index (χ1) is 12.3. The summed E-state index contributed by atoms with van der Waals surface area (Å²) in [4.78, 5) is 14.9. The zero-order valence-electron chi connectivity index (χ0n) is 14.4. The molecule has 2 aromatic heterocycles. The molecule has 0 radical (unpaired) electrons. The molecule has 2 aliphatic rings. The van der Waals surface area contributed by atoms with Gasteiger partial charge in [-0.25, -0.2) is 0 Å². The third-order valence-corrected chi connectivity index (χ3v) is 5.55. The first-order valence-corrected chi connectivity index (χ1v) is 9.32. The zero-order chi connectivity index (χ0) is 17.1. The standard InChI is InChI=1S/C19H25N3O3/c23-19(16-12-18(25-21-16)17-6-3-11-24-17)20-13-14-7-9-22(10-8-14)15-4-1-2-5-15/h3,6,11-12,14-15H,1-2,4-5,7-10,13H2,(H,20,23). The van der Waals surface area contributed by atoms with E-state index in [1.54, 1.807) is 24.5 Å². The van der Waals surface area contributed by atoms with Gasteiger partial charge in [0, 0.05) is 18.7 Å². The Hall–Kier alpha value is -2.08. The van der Waals surface area contributed by atoms with E-state index >= 15 is 0 Å². The van der Waals surface area contributed by atoms with Crippen LogP contribution >= 0.6 is 0 Å². The molecule has 1 aliphatic heterocycles. The number of nitrogens with zero attached hydrogens (tertiary/aromatic N) is 2. The first-order valence-electron chi connectivity index (χ1n) is 9.32. The molecule has 134 valence electrons. The lowest BCUT2D eigenvalue weighted by Crippen LogP contribution is -2.42. The van der Waals surface area contributed by atoms with Gasteiger partial charge in [0.25, 0.3) is 5.91 Å². The van der Waals surface area contributed by atoms with Crippen molar-refractivity contribution in [1.29, 1.82) is 0 Å². The predicted molar refractivity (Wildman–Crippen MR) is 93.1 cm³/mol. The van der Waals surface area contributed by atoms with Crippen LogP contribution in [0.15, 0.2) is 33.4 Å². The summed E-state index contributed by atoms with van der Waals surface area (Å²) >= 11 is 0. The highest BCUT2D eigenvalue weighted by atomic mass is 16.5. The van der Waals surface area contributed by atoms with Crippen molar-refractivity contribution >= 4 is 5.91 Å². The van der Waals surface area contributed by atoms with Gasteiger partial charge in [-0.15, -0.1) is 0 Å². The number of piperidine rings is 1. The van der Waals surface area contributed by atoms with Gasteiger partial charge < -0.3 is 19.2 Å². The van der Waals surface area contributed by atoms with Crippen LogP contribution < -0.4 is 5.32 Å². The van der Waals surface area contributed by atoms with E-state index in [9.17, 15) is 4.79 Å². The molecule has 6 heteroatoms. The Morgan fingerprint density at radius 2 is 2.00 bits per heavy atom. The Morgan fingerprint density at radius 1 is 1.20 bits per heavy atom. The van der Waals surface area contributed by atoms with Crippen LogP contribution in [-0.4, -0.2) is 41.6 Å². The highest BCUT2D eigenvalue weighted by molar-refractivity contribution is 5.92. The molecule has 1 aliphatic carbocycles. The van der Waals surface area contributed by atoms with Crippen LogP contribution in [0, 0.1) is 5.92 Å². The lowest BCUT2D eigenvalue weighted by molar-refractivity contribution is 0.0916. The van der Waals surface area contributed by atoms with Crippen LogP contribution in [0.1, 0.15) is 49.0 Å². The molecule has 0 unspecified atom stereocenters. The summed E-state index contributed by atoms with van der Waals surface area (Å²) in [5.41, 5.74) is 0.301. The normalized spacial score (nSPS) is 20.2. The van der Waals surface area contributed by atoms with E-state index in [-0.39, 0.29) is 5.91 Å². The van der Waals surface area contributed by atoms with Gasteiger partial charge in [-0.1, -0.05) is 18.0 Å². The maximum Gasteiger partial charge on any atom is 0.273 e. The minimum atomic E-state index is -0.181. The van der Waals surface area contributed by atoms with Crippen LogP contribution in [0.3, 0.4) is 0 Å². The number of hydrogen-bond donors (Lipinski definition) is 1. The molecule has 0 atom stereocenters. The van der Waals surface area contributed by atoms with Crippen molar-refractivity contribution in [2.24, 2.45) is 5.92 Å². The first kappa shape index (κ1) is 16.4. The summed E-state index contributed by atoms with van der Waals surface area (Å²) in [6.07, 6.45) is 9.39. The lowest BCUT2D eigenvalue weighted by Gasteiger charge is -2.36. The van der Waals surface area contributed by atoms with E-state index in [1.165, 1.54) is 25.7 Å². The van der Waals surface area contributed by atoms with E-state index in [4.69, 9.17) is 8.94 Å². The van der Waals surface area contributed by atoms with Crippen molar-refractivity contribution in [3.63, 3.8) is 0 Å². The summed E-state index contributed by atoms with van der Waals surface area (Å²) in [7, 11) is 0. The van der Waals surface area contributed by atoms with Crippen LogP contribution in [0.4, 0.5) is 0 Å². The number of aromatic nitrogens is 1. The largest absolute Gasteiger partial charge is 0.461 e. The summed E-state index contributed by atoms with van der Waals surface area (Å²) in [6, 6.07) is 5.98. The molecule has 2 fully saturated rings. The average molecular weight is 343 g/mol. The quantitative estimate of drug-likeness (QED) is 0.902. The fraction of sp³-hybridized carbons (Fsp3) is 0.579. The Bertz CT molecular complexity index is 681. The molecule has 1 N–H and O–H groups in total. The highest BCUT2D eigenvalue weighted by Crippen LogP contribution is 2.27. The third kappa shape index (κ3) is 3.79. The number of carbonyl (C=O) groups is 1. The van der Waals surface area contributed by atoms with Crippen molar-refractivity contribution in [2.45, 2.75) is 44.6 Å². The fourth-order valence-electron chi connectivity index (χ4n) is 4.04. The number of hydrogen-bond acceptors (Lipinski definition) is 5. The van der Waals surface area contributed by atoms with Gasteiger partial charge in [-0.05, 0) is 56.8 Å². The van der Waals surface area contributed by atoms with Crippen molar-refractivity contribution in [3.8, 4) is 11.5 Å². The van der Waals surface area contributed by atoms with Crippen LogP contribution in [-0.2, 0) is 0 Å². The molecule has 1 saturated carbocycles. The lowest BCUT2D eigenvalue weighted by atomic mass is 9.95. The van der Waals surface area contributed by atoms with Gasteiger partial charge in [0.1, 0.15) is 0 Å². The maximum atomic E-state index is 12.3. The minimum absolute atomic E-state index is 0.181. The molecule has 3 heterocycles. The molecule has 25 heavy (non-hydrogen) atoms. The predicted octanol–water partition coefficient (Wildman–Crippen LogP) is 3.32.